The molecule has 2 heterocycles. The maximum atomic E-state index is 12.6. The van der Waals surface area contributed by atoms with Crippen molar-refractivity contribution in [3.05, 3.63) is 71.7 Å². The van der Waals surface area contributed by atoms with E-state index >= 15 is 0 Å². The van der Waals surface area contributed by atoms with E-state index in [0.717, 1.165) is 35.7 Å². The largest absolute Gasteiger partial charge is 0.391 e. The standard InChI is InChI=1S/C23H22N4O2/c24-13-18-8-5-16(14-25-18)11-15-6-9-20(22(28)12-15)27-23(29)21-10-7-17-3-1-2-4-19(17)26-21/h1-5,7-8,10,14-15,20,22,28H,6,9,11-12H2,(H,27,29)/t15?,20-,22-/m0/s1. The van der Waals surface area contributed by atoms with Crippen molar-refractivity contribution >= 4 is 16.8 Å². The lowest BCUT2D eigenvalue weighted by molar-refractivity contribution is 0.0568. The first-order valence-electron chi connectivity index (χ1n) is 9.82. The maximum absolute atomic E-state index is 12.6. The minimum atomic E-state index is -0.593. The van der Waals surface area contributed by atoms with E-state index in [2.05, 4.69) is 15.3 Å². The van der Waals surface area contributed by atoms with Crippen LogP contribution in [0, 0.1) is 17.2 Å². The van der Waals surface area contributed by atoms with Gasteiger partial charge in [0.05, 0.1) is 17.7 Å². The number of carbonyl (C=O) groups is 1. The Hall–Kier alpha value is -3.30. The molecule has 1 aliphatic carbocycles. The van der Waals surface area contributed by atoms with Crippen molar-refractivity contribution in [3.8, 4) is 6.07 Å². The second-order valence-corrected chi connectivity index (χ2v) is 7.58. The molecule has 146 valence electrons. The SMILES string of the molecule is N#Cc1ccc(CC2CC[C@H](NC(=O)c3ccc4ccccc4n3)[C@@H](O)C2)cn1. The van der Waals surface area contributed by atoms with Crippen molar-refractivity contribution in [2.75, 3.05) is 0 Å². The summed E-state index contributed by atoms with van der Waals surface area (Å²) < 4.78 is 0. The van der Waals surface area contributed by atoms with Crippen molar-refractivity contribution in [2.45, 2.75) is 37.8 Å². The van der Waals surface area contributed by atoms with Crippen molar-refractivity contribution in [1.29, 1.82) is 5.26 Å². The van der Waals surface area contributed by atoms with Crippen LogP contribution in [0.4, 0.5) is 0 Å². The highest BCUT2D eigenvalue weighted by Crippen LogP contribution is 2.28. The summed E-state index contributed by atoms with van der Waals surface area (Å²) in [5.74, 6) is 0.0706. The van der Waals surface area contributed by atoms with Crippen LogP contribution in [0.3, 0.4) is 0 Å². The van der Waals surface area contributed by atoms with Gasteiger partial charge in [-0.05, 0) is 55.4 Å². The summed E-state index contributed by atoms with van der Waals surface area (Å²) in [4.78, 5) is 21.1. The van der Waals surface area contributed by atoms with Crippen LogP contribution in [0.15, 0.2) is 54.7 Å². The molecule has 0 aliphatic heterocycles. The van der Waals surface area contributed by atoms with Crippen LogP contribution in [0.5, 0.6) is 0 Å². The van der Waals surface area contributed by atoms with Gasteiger partial charge in [-0.1, -0.05) is 30.3 Å². The van der Waals surface area contributed by atoms with Crippen LogP contribution in [0.25, 0.3) is 10.9 Å². The first-order chi connectivity index (χ1) is 14.1. The number of aromatic nitrogens is 2. The molecule has 1 aromatic carbocycles. The lowest BCUT2D eigenvalue weighted by atomic mass is 9.81. The van der Waals surface area contributed by atoms with Crippen LogP contribution in [0.2, 0.25) is 0 Å². The molecule has 0 bridgehead atoms. The number of rotatable bonds is 4. The summed E-state index contributed by atoms with van der Waals surface area (Å²) in [5, 5.41) is 23.3. The average molecular weight is 386 g/mol. The van der Waals surface area contributed by atoms with Gasteiger partial charge in [0.2, 0.25) is 0 Å². The molecule has 2 aromatic heterocycles. The molecule has 29 heavy (non-hydrogen) atoms. The van der Waals surface area contributed by atoms with Crippen molar-refractivity contribution in [2.24, 2.45) is 5.92 Å². The number of amides is 1. The monoisotopic (exact) mass is 386 g/mol. The van der Waals surface area contributed by atoms with Crippen LogP contribution in [0.1, 0.15) is 41.0 Å². The molecular weight excluding hydrogens is 364 g/mol. The number of pyridine rings is 2. The van der Waals surface area contributed by atoms with Crippen LogP contribution < -0.4 is 5.32 Å². The molecule has 6 heteroatoms. The summed E-state index contributed by atoms with van der Waals surface area (Å²) in [6, 6.07) is 16.6. The minimum Gasteiger partial charge on any atom is -0.391 e. The second kappa shape index (κ2) is 8.38. The molecule has 0 radical (unpaired) electrons. The Labute approximate surface area is 169 Å². The zero-order chi connectivity index (χ0) is 20.2. The quantitative estimate of drug-likeness (QED) is 0.718. The summed E-state index contributed by atoms with van der Waals surface area (Å²) in [6.45, 7) is 0. The third-order valence-electron chi connectivity index (χ3n) is 5.54. The average Bonchev–Trinajstić information content (AvgIpc) is 2.76. The number of hydrogen-bond acceptors (Lipinski definition) is 5. The summed E-state index contributed by atoms with van der Waals surface area (Å²) in [6.07, 6.45) is 4.19. The number of para-hydroxylation sites is 1. The number of benzene rings is 1. The minimum absolute atomic E-state index is 0.255. The van der Waals surface area contributed by atoms with E-state index in [1.807, 2.05) is 42.5 Å². The number of nitrogens with zero attached hydrogens (tertiary/aromatic N) is 3. The Morgan fingerprint density at radius 3 is 2.79 bits per heavy atom. The van der Waals surface area contributed by atoms with Gasteiger partial charge in [-0.2, -0.15) is 5.26 Å². The Bertz CT molecular complexity index is 1060. The van der Waals surface area contributed by atoms with Gasteiger partial charge in [0.1, 0.15) is 17.5 Å². The fourth-order valence-corrected chi connectivity index (χ4v) is 3.96. The van der Waals surface area contributed by atoms with Crippen molar-refractivity contribution in [1.82, 2.24) is 15.3 Å². The van der Waals surface area contributed by atoms with Gasteiger partial charge in [0, 0.05) is 11.6 Å². The lowest BCUT2D eigenvalue weighted by Crippen LogP contribution is -2.47. The van der Waals surface area contributed by atoms with Crippen molar-refractivity contribution < 1.29 is 9.90 Å². The number of nitriles is 1. The first-order valence-corrected chi connectivity index (χ1v) is 9.82. The van der Waals surface area contributed by atoms with Crippen LogP contribution in [-0.4, -0.2) is 33.1 Å². The molecule has 2 N–H and O–H groups in total. The summed E-state index contributed by atoms with van der Waals surface area (Å²) >= 11 is 0. The van der Waals surface area contributed by atoms with E-state index in [9.17, 15) is 9.90 Å². The number of hydrogen-bond donors (Lipinski definition) is 2. The zero-order valence-electron chi connectivity index (χ0n) is 16.0. The van der Waals surface area contributed by atoms with E-state index in [1.54, 1.807) is 18.3 Å². The summed E-state index contributed by atoms with van der Waals surface area (Å²) in [7, 11) is 0. The van der Waals surface area contributed by atoms with E-state index in [-0.39, 0.29) is 11.9 Å². The molecule has 1 fully saturated rings. The van der Waals surface area contributed by atoms with E-state index < -0.39 is 6.10 Å². The molecule has 1 amide bonds. The Morgan fingerprint density at radius 1 is 1.17 bits per heavy atom. The number of nitrogens with one attached hydrogen (secondary N) is 1. The van der Waals surface area contributed by atoms with Gasteiger partial charge in [0.15, 0.2) is 0 Å². The topological polar surface area (TPSA) is 98.9 Å². The smallest absolute Gasteiger partial charge is 0.270 e. The Kier molecular flexibility index (Phi) is 5.50. The number of carbonyl (C=O) groups excluding carboxylic acids is 1. The van der Waals surface area contributed by atoms with Gasteiger partial charge in [0.25, 0.3) is 5.91 Å². The normalized spacial score (nSPS) is 21.4. The maximum Gasteiger partial charge on any atom is 0.270 e. The third-order valence-corrected chi connectivity index (χ3v) is 5.54. The predicted molar refractivity (Wildman–Crippen MR) is 109 cm³/mol. The van der Waals surface area contributed by atoms with Crippen LogP contribution >= 0.6 is 0 Å². The Morgan fingerprint density at radius 2 is 2.03 bits per heavy atom. The van der Waals surface area contributed by atoms with Crippen molar-refractivity contribution in [3.63, 3.8) is 0 Å². The first kappa shape index (κ1) is 19.0. The molecule has 0 saturated heterocycles. The highest BCUT2D eigenvalue weighted by atomic mass is 16.3. The van der Waals surface area contributed by atoms with Gasteiger partial charge in [-0.15, -0.1) is 0 Å². The van der Waals surface area contributed by atoms with E-state index in [0.29, 0.717) is 23.7 Å². The number of aliphatic hydroxyl groups is 1. The van der Waals surface area contributed by atoms with Crippen LogP contribution in [-0.2, 0) is 6.42 Å². The molecule has 1 unspecified atom stereocenters. The fraction of sp³-hybridized carbons (Fsp3) is 0.304. The highest BCUT2D eigenvalue weighted by Gasteiger charge is 2.30. The molecule has 4 rings (SSSR count). The lowest BCUT2D eigenvalue weighted by Gasteiger charge is -2.33. The number of fused-ring (bicyclic) bond motifs is 1. The van der Waals surface area contributed by atoms with E-state index in [1.165, 1.54) is 0 Å². The molecule has 1 saturated carbocycles. The predicted octanol–water partition coefficient (Wildman–Crippen LogP) is 3.00. The summed E-state index contributed by atoms with van der Waals surface area (Å²) in [5.41, 5.74) is 2.61. The molecule has 6 nitrogen and oxygen atoms in total. The molecule has 3 aromatic rings. The molecular formula is C23H22N4O2. The third kappa shape index (κ3) is 4.41. The number of aliphatic hydroxyl groups excluding tert-OH is 1. The molecule has 3 atom stereocenters. The highest BCUT2D eigenvalue weighted by molar-refractivity contribution is 5.95. The van der Waals surface area contributed by atoms with Gasteiger partial charge >= 0.3 is 0 Å². The zero-order valence-corrected chi connectivity index (χ0v) is 16.0. The van der Waals surface area contributed by atoms with Gasteiger partial charge in [-0.3, -0.25) is 4.79 Å². The van der Waals surface area contributed by atoms with Gasteiger partial charge in [-0.25, -0.2) is 9.97 Å². The molecule has 0 spiro atoms. The molecule has 1 aliphatic rings. The van der Waals surface area contributed by atoms with E-state index in [4.69, 9.17) is 5.26 Å². The second-order valence-electron chi connectivity index (χ2n) is 7.58. The Balaban J connectivity index is 1.35. The fourth-order valence-electron chi connectivity index (χ4n) is 3.96. The van der Waals surface area contributed by atoms with Gasteiger partial charge < -0.3 is 10.4 Å².